The molecule has 112 valence electrons. The zero-order valence-electron chi connectivity index (χ0n) is 11.3. The second kappa shape index (κ2) is 5.28. The number of benzene rings is 1. The Morgan fingerprint density at radius 3 is 2.73 bits per heavy atom. The zero-order chi connectivity index (χ0) is 15.7. The van der Waals surface area contributed by atoms with Gasteiger partial charge in [0.2, 0.25) is 5.91 Å². The van der Waals surface area contributed by atoms with Crippen LogP contribution in [0.1, 0.15) is 16.8 Å². The van der Waals surface area contributed by atoms with Crippen LogP contribution in [0.15, 0.2) is 30.9 Å². The average Bonchev–Trinajstić information content (AvgIpc) is 3.00. The molecule has 3 amide bonds. The summed E-state index contributed by atoms with van der Waals surface area (Å²) in [4.78, 5) is 39.6. The summed E-state index contributed by atoms with van der Waals surface area (Å²) in [5.74, 6) is -1.47. The van der Waals surface area contributed by atoms with Gasteiger partial charge in [-0.2, -0.15) is 5.10 Å². The Hall–Kier alpha value is -3.23. The molecule has 2 heterocycles. The number of rotatable bonds is 3. The van der Waals surface area contributed by atoms with Crippen molar-refractivity contribution in [3.8, 4) is 5.69 Å². The summed E-state index contributed by atoms with van der Waals surface area (Å²) in [6, 6.07) is 3.72. The standard InChI is InChI=1S/C13H11N5O4/c19-11-3-4-17(13(22)16-11)10-5-8(12(20)21)1-2-9(10)18-7-14-6-15-18/h1-2,5-7H,3-4H2,(H,20,21)(H,16,19,22). The van der Waals surface area contributed by atoms with Crippen molar-refractivity contribution in [2.75, 3.05) is 11.4 Å². The fourth-order valence-electron chi connectivity index (χ4n) is 2.19. The predicted octanol–water partition coefficient (Wildman–Crippen LogP) is 0.412. The fourth-order valence-corrected chi connectivity index (χ4v) is 2.19. The largest absolute Gasteiger partial charge is 0.478 e. The average molecular weight is 301 g/mol. The lowest BCUT2D eigenvalue weighted by Crippen LogP contribution is -2.50. The molecule has 9 heteroatoms. The van der Waals surface area contributed by atoms with Crippen LogP contribution in [-0.2, 0) is 4.79 Å². The van der Waals surface area contributed by atoms with E-state index in [2.05, 4.69) is 15.4 Å². The molecule has 9 nitrogen and oxygen atoms in total. The highest BCUT2D eigenvalue weighted by Gasteiger charge is 2.27. The monoisotopic (exact) mass is 301 g/mol. The number of carboxylic acids is 1. The molecule has 2 aromatic rings. The van der Waals surface area contributed by atoms with Crippen molar-refractivity contribution < 1.29 is 19.5 Å². The Bertz CT molecular complexity index is 756. The molecule has 22 heavy (non-hydrogen) atoms. The van der Waals surface area contributed by atoms with E-state index < -0.39 is 12.0 Å². The number of amides is 3. The molecule has 1 aliphatic rings. The second-order valence-electron chi connectivity index (χ2n) is 4.60. The first-order valence-electron chi connectivity index (χ1n) is 6.40. The minimum atomic E-state index is -1.11. The Kier molecular flexibility index (Phi) is 3.30. The van der Waals surface area contributed by atoms with Crippen LogP contribution in [0.2, 0.25) is 0 Å². The first kappa shape index (κ1) is 13.7. The smallest absolute Gasteiger partial charge is 0.335 e. The van der Waals surface area contributed by atoms with Crippen LogP contribution >= 0.6 is 0 Å². The Labute approximate surface area is 124 Å². The van der Waals surface area contributed by atoms with E-state index in [4.69, 9.17) is 5.11 Å². The van der Waals surface area contributed by atoms with Gasteiger partial charge >= 0.3 is 12.0 Å². The quantitative estimate of drug-likeness (QED) is 0.848. The van der Waals surface area contributed by atoms with Gasteiger partial charge in [-0.25, -0.2) is 19.3 Å². The molecule has 0 saturated carbocycles. The number of hydrogen-bond donors (Lipinski definition) is 2. The number of anilines is 1. The number of carbonyl (C=O) groups is 3. The molecule has 0 unspecified atom stereocenters. The van der Waals surface area contributed by atoms with E-state index in [0.29, 0.717) is 11.4 Å². The molecule has 1 aromatic heterocycles. The van der Waals surface area contributed by atoms with Crippen molar-refractivity contribution in [3.05, 3.63) is 36.4 Å². The summed E-state index contributed by atoms with van der Waals surface area (Å²) in [6.45, 7) is 0.162. The van der Waals surface area contributed by atoms with Gasteiger partial charge < -0.3 is 5.11 Å². The van der Waals surface area contributed by atoms with E-state index in [9.17, 15) is 14.4 Å². The highest BCUT2D eigenvalue weighted by molar-refractivity contribution is 6.07. The Morgan fingerprint density at radius 2 is 2.09 bits per heavy atom. The normalized spacial score (nSPS) is 14.8. The summed E-state index contributed by atoms with van der Waals surface area (Å²) < 4.78 is 1.42. The molecule has 2 N–H and O–H groups in total. The van der Waals surface area contributed by atoms with Gasteiger partial charge in [0.15, 0.2) is 0 Å². The number of urea groups is 1. The van der Waals surface area contributed by atoms with E-state index in [1.807, 2.05) is 0 Å². The van der Waals surface area contributed by atoms with Gasteiger partial charge in [-0.1, -0.05) is 0 Å². The zero-order valence-corrected chi connectivity index (χ0v) is 11.3. The van der Waals surface area contributed by atoms with E-state index in [1.165, 1.54) is 40.4 Å². The summed E-state index contributed by atoms with van der Waals surface area (Å²) in [5, 5.41) is 15.3. The van der Waals surface area contributed by atoms with Crippen LogP contribution in [0, 0.1) is 0 Å². The predicted molar refractivity (Wildman–Crippen MR) is 73.8 cm³/mol. The van der Waals surface area contributed by atoms with Gasteiger partial charge in [-0.05, 0) is 18.2 Å². The van der Waals surface area contributed by atoms with E-state index in [-0.39, 0.29) is 24.4 Å². The number of aromatic carboxylic acids is 1. The number of carboxylic acid groups (broad SMARTS) is 1. The maximum absolute atomic E-state index is 12.0. The third-order valence-corrected chi connectivity index (χ3v) is 3.23. The van der Waals surface area contributed by atoms with E-state index >= 15 is 0 Å². The molecule has 1 aromatic carbocycles. The Morgan fingerprint density at radius 1 is 1.27 bits per heavy atom. The molecular weight excluding hydrogens is 290 g/mol. The summed E-state index contributed by atoms with van der Waals surface area (Å²) in [5.41, 5.74) is 0.867. The van der Waals surface area contributed by atoms with Crippen LogP contribution in [0.5, 0.6) is 0 Å². The van der Waals surface area contributed by atoms with E-state index in [1.54, 1.807) is 0 Å². The molecule has 1 saturated heterocycles. The number of carbonyl (C=O) groups excluding carboxylic acids is 2. The fraction of sp³-hybridized carbons (Fsp3) is 0.154. The van der Waals surface area contributed by atoms with Gasteiger partial charge in [-0.3, -0.25) is 15.0 Å². The van der Waals surface area contributed by atoms with Crippen LogP contribution in [0.3, 0.4) is 0 Å². The van der Waals surface area contributed by atoms with Crippen molar-refractivity contribution in [1.82, 2.24) is 20.1 Å². The maximum atomic E-state index is 12.0. The van der Waals surface area contributed by atoms with Crippen molar-refractivity contribution in [3.63, 3.8) is 0 Å². The van der Waals surface area contributed by atoms with Crippen molar-refractivity contribution in [2.45, 2.75) is 6.42 Å². The lowest BCUT2D eigenvalue weighted by Gasteiger charge is -2.28. The summed E-state index contributed by atoms with van der Waals surface area (Å²) in [6.07, 6.45) is 2.90. The maximum Gasteiger partial charge on any atom is 0.335 e. The van der Waals surface area contributed by atoms with Crippen molar-refractivity contribution >= 4 is 23.6 Å². The minimum absolute atomic E-state index is 0.0311. The highest BCUT2D eigenvalue weighted by atomic mass is 16.4. The molecule has 0 atom stereocenters. The third kappa shape index (κ3) is 2.39. The van der Waals surface area contributed by atoms with Gasteiger partial charge in [0.25, 0.3) is 0 Å². The SMILES string of the molecule is O=C1CCN(c2cc(C(=O)O)ccc2-n2cncn2)C(=O)N1. The highest BCUT2D eigenvalue weighted by Crippen LogP contribution is 2.27. The van der Waals surface area contributed by atoms with Crippen LogP contribution < -0.4 is 10.2 Å². The van der Waals surface area contributed by atoms with Gasteiger partial charge in [0.1, 0.15) is 12.7 Å². The van der Waals surface area contributed by atoms with Crippen LogP contribution in [0.4, 0.5) is 10.5 Å². The molecule has 0 radical (unpaired) electrons. The molecule has 1 aliphatic heterocycles. The Balaban J connectivity index is 2.10. The number of aromatic nitrogens is 3. The van der Waals surface area contributed by atoms with Crippen LogP contribution in [-0.4, -0.2) is 44.3 Å². The number of imide groups is 1. The van der Waals surface area contributed by atoms with Crippen LogP contribution in [0.25, 0.3) is 5.69 Å². The third-order valence-electron chi connectivity index (χ3n) is 3.23. The molecule has 3 rings (SSSR count). The number of nitrogens with zero attached hydrogens (tertiary/aromatic N) is 4. The lowest BCUT2D eigenvalue weighted by atomic mass is 10.1. The molecule has 1 fully saturated rings. The molecule has 0 bridgehead atoms. The minimum Gasteiger partial charge on any atom is -0.478 e. The molecular formula is C13H11N5O4. The van der Waals surface area contributed by atoms with Gasteiger partial charge in [0.05, 0.1) is 16.9 Å². The first-order valence-corrected chi connectivity index (χ1v) is 6.40. The second-order valence-corrected chi connectivity index (χ2v) is 4.60. The van der Waals surface area contributed by atoms with Gasteiger partial charge in [0, 0.05) is 13.0 Å². The van der Waals surface area contributed by atoms with Crippen molar-refractivity contribution in [1.29, 1.82) is 0 Å². The molecule has 0 aliphatic carbocycles. The topological polar surface area (TPSA) is 117 Å². The van der Waals surface area contributed by atoms with E-state index in [0.717, 1.165) is 0 Å². The van der Waals surface area contributed by atoms with Gasteiger partial charge in [-0.15, -0.1) is 0 Å². The first-order chi connectivity index (χ1) is 10.6. The summed E-state index contributed by atoms with van der Waals surface area (Å²) >= 11 is 0. The number of nitrogens with one attached hydrogen (secondary N) is 1. The molecule has 0 spiro atoms. The number of hydrogen-bond acceptors (Lipinski definition) is 5. The van der Waals surface area contributed by atoms with Crippen molar-refractivity contribution in [2.24, 2.45) is 0 Å². The lowest BCUT2D eigenvalue weighted by molar-refractivity contribution is -0.120. The summed E-state index contributed by atoms with van der Waals surface area (Å²) in [7, 11) is 0.